The standard InChI is InChI=1S/C16H25N3O3S/c20-15-7-3-2-6-14(15)18-16-9-8-13(12-17-16)23(21,22)19-10-4-1-5-11-19/h8-9,12,14-15,20H,1-7,10-11H2,(H,17,18)/t14-,15-/m0/s1. The number of aliphatic hydroxyl groups excluding tert-OH is 1. The number of aliphatic hydroxyl groups is 1. The van der Waals surface area contributed by atoms with E-state index in [1.54, 1.807) is 16.4 Å². The minimum atomic E-state index is -3.43. The molecule has 0 unspecified atom stereocenters. The summed E-state index contributed by atoms with van der Waals surface area (Å²) in [5.41, 5.74) is 0. The largest absolute Gasteiger partial charge is 0.391 e. The van der Waals surface area contributed by atoms with Gasteiger partial charge in [-0.05, 0) is 37.8 Å². The van der Waals surface area contributed by atoms with Crippen molar-refractivity contribution in [3.8, 4) is 0 Å². The van der Waals surface area contributed by atoms with Crippen molar-refractivity contribution in [1.29, 1.82) is 0 Å². The molecular formula is C16H25N3O3S. The molecule has 0 spiro atoms. The van der Waals surface area contributed by atoms with Crippen molar-refractivity contribution in [3.63, 3.8) is 0 Å². The minimum absolute atomic E-state index is 0.000742. The minimum Gasteiger partial charge on any atom is -0.391 e. The lowest BCUT2D eigenvalue weighted by Gasteiger charge is -2.29. The van der Waals surface area contributed by atoms with E-state index in [0.29, 0.717) is 18.9 Å². The van der Waals surface area contributed by atoms with Crippen molar-refractivity contribution in [3.05, 3.63) is 18.3 Å². The number of anilines is 1. The van der Waals surface area contributed by atoms with Gasteiger partial charge in [-0.25, -0.2) is 13.4 Å². The molecule has 3 rings (SSSR count). The fourth-order valence-corrected chi connectivity index (χ4v) is 4.81. The Balaban J connectivity index is 1.68. The Kier molecular flexibility index (Phi) is 5.18. The molecule has 0 aromatic carbocycles. The average molecular weight is 339 g/mol. The zero-order valence-corrected chi connectivity index (χ0v) is 14.1. The van der Waals surface area contributed by atoms with Crippen molar-refractivity contribution >= 4 is 15.8 Å². The molecule has 2 aliphatic rings. The molecule has 0 bridgehead atoms. The van der Waals surface area contributed by atoms with Gasteiger partial charge in [-0.15, -0.1) is 0 Å². The Hall–Kier alpha value is -1.18. The smallest absolute Gasteiger partial charge is 0.244 e. The van der Waals surface area contributed by atoms with E-state index in [1.165, 1.54) is 6.20 Å². The molecule has 2 fully saturated rings. The molecule has 128 valence electrons. The number of aromatic nitrogens is 1. The number of rotatable bonds is 4. The Bertz CT molecular complexity index is 612. The predicted molar refractivity (Wildman–Crippen MR) is 88.7 cm³/mol. The lowest BCUT2D eigenvalue weighted by Crippen LogP contribution is -2.37. The van der Waals surface area contributed by atoms with Crippen LogP contribution in [-0.4, -0.2) is 48.0 Å². The quantitative estimate of drug-likeness (QED) is 0.876. The topological polar surface area (TPSA) is 82.5 Å². The highest BCUT2D eigenvalue weighted by atomic mass is 32.2. The van der Waals surface area contributed by atoms with Gasteiger partial charge in [0.25, 0.3) is 0 Å². The van der Waals surface area contributed by atoms with Crippen LogP contribution in [-0.2, 0) is 10.0 Å². The van der Waals surface area contributed by atoms with Crippen LogP contribution in [0, 0.1) is 0 Å². The molecule has 2 N–H and O–H groups in total. The second-order valence-electron chi connectivity index (χ2n) is 6.45. The molecule has 2 atom stereocenters. The monoisotopic (exact) mass is 339 g/mol. The number of hydrogen-bond donors (Lipinski definition) is 2. The van der Waals surface area contributed by atoms with Gasteiger partial charge in [0.2, 0.25) is 10.0 Å². The van der Waals surface area contributed by atoms with Crippen LogP contribution < -0.4 is 5.32 Å². The lowest BCUT2D eigenvalue weighted by molar-refractivity contribution is 0.116. The fraction of sp³-hybridized carbons (Fsp3) is 0.688. The molecule has 6 nitrogen and oxygen atoms in total. The van der Waals surface area contributed by atoms with Crippen molar-refractivity contribution in [2.24, 2.45) is 0 Å². The molecule has 0 radical (unpaired) electrons. The number of sulfonamides is 1. The van der Waals surface area contributed by atoms with Crippen molar-refractivity contribution in [2.45, 2.75) is 62.0 Å². The van der Waals surface area contributed by atoms with Crippen molar-refractivity contribution in [1.82, 2.24) is 9.29 Å². The molecule has 0 amide bonds. The van der Waals surface area contributed by atoms with Gasteiger partial charge in [0.1, 0.15) is 10.7 Å². The molecule has 1 aromatic heterocycles. The molecule has 2 heterocycles. The second kappa shape index (κ2) is 7.15. The zero-order valence-electron chi connectivity index (χ0n) is 13.3. The van der Waals surface area contributed by atoms with E-state index in [2.05, 4.69) is 10.3 Å². The van der Waals surface area contributed by atoms with Gasteiger partial charge in [-0.3, -0.25) is 0 Å². The summed E-state index contributed by atoms with van der Waals surface area (Å²) in [6.07, 6.45) is 7.86. The zero-order chi connectivity index (χ0) is 16.3. The van der Waals surface area contributed by atoms with E-state index < -0.39 is 10.0 Å². The first kappa shape index (κ1) is 16.7. The normalized spacial score (nSPS) is 26.8. The molecular weight excluding hydrogens is 314 g/mol. The Morgan fingerprint density at radius 2 is 1.83 bits per heavy atom. The van der Waals surface area contributed by atoms with Gasteiger partial charge < -0.3 is 10.4 Å². The molecule has 1 saturated carbocycles. The molecule has 23 heavy (non-hydrogen) atoms. The van der Waals surface area contributed by atoms with Crippen LogP contribution in [0.4, 0.5) is 5.82 Å². The van der Waals surface area contributed by atoms with Crippen LogP contribution in [0.1, 0.15) is 44.9 Å². The highest BCUT2D eigenvalue weighted by Gasteiger charge is 2.27. The van der Waals surface area contributed by atoms with E-state index in [9.17, 15) is 13.5 Å². The number of pyridine rings is 1. The number of hydrogen-bond acceptors (Lipinski definition) is 5. The molecule has 1 aliphatic heterocycles. The van der Waals surface area contributed by atoms with Crippen molar-refractivity contribution < 1.29 is 13.5 Å². The first-order valence-electron chi connectivity index (χ1n) is 8.48. The maximum Gasteiger partial charge on any atom is 0.244 e. The van der Waals surface area contributed by atoms with Crippen LogP contribution in [0.15, 0.2) is 23.2 Å². The predicted octanol–water partition coefficient (Wildman–Crippen LogP) is 1.97. The summed E-state index contributed by atoms with van der Waals surface area (Å²) < 4.78 is 26.7. The van der Waals surface area contributed by atoms with Crippen LogP contribution in [0.3, 0.4) is 0 Å². The van der Waals surface area contributed by atoms with Gasteiger partial charge in [0.05, 0.1) is 12.1 Å². The van der Waals surface area contributed by atoms with E-state index >= 15 is 0 Å². The fourth-order valence-electron chi connectivity index (χ4n) is 3.34. The second-order valence-corrected chi connectivity index (χ2v) is 8.38. The lowest BCUT2D eigenvalue weighted by atomic mass is 9.92. The highest BCUT2D eigenvalue weighted by molar-refractivity contribution is 7.89. The maximum atomic E-state index is 12.6. The molecule has 7 heteroatoms. The first-order chi connectivity index (χ1) is 11.1. The summed E-state index contributed by atoms with van der Waals surface area (Å²) in [5.74, 6) is 0.619. The van der Waals surface area contributed by atoms with Crippen LogP contribution in [0.25, 0.3) is 0 Å². The summed E-state index contributed by atoms with van der Waals surface area (Å²) in [6.45, 7) is 1.19. The Morgan fingerprint density at radius 3 is 2.48 bits per heavy atom. The summed E-state index contributed by atoms with van der Waals surface area (Å²) in [4.78, 5) is 4.48. The Morgan fingerprint density at radius 1 is 1.09 bits per heavy atom. The van der Waals surface area contributed by atoms with Gasteiger partial charge in [-0.1, -0.05) is 19.3 Å². The van der Waals surface area contributed by atoms with E-state index in [1.807, 2.05) is 0 Å². The first-order valence-corrected chi connectivity index (χ1v) is 9.92. The number of piperidine rings is 1. The molecule has 1 saturated heterocycles. The van der Waals surface area contributed by atoms with E-state index in [0.717, 1.165) is 44.9 Å². The highest BCUT2D eigenvalue weighted by Crippen LogP contribution is 2.23. The van der Waals surface area contributed by atoms with Crippen LogP contribution in [0.5, 0.6) is 0 Å². The third kappa shape index (κ3) is 3.84. The van der Waals surface area contributed by atoms with E-state index in [4.69, 9.17) is 0 Å². The Labute approximate surface area is 138 Å². The third-order valence-electron chi connectivity index (χ3n) is 4.75. The summed E-state index contributed by atoms with van der Waals surface area (Å²) >= 11 is 0. The summed E-state index contributed by atoms with van der Waals surface area (Å²) in [5, 5.41) is 13.2. The summed E-state index contributed by atoms with van der Waals surface area (Å²) in [7, 11) is -3.43. The SMILES string of the molecule is O=S(=O)(c1ccc(N[C@H]2CCCC[C@@H]2O)nc1)N1CCCCC1. The maximum absolute atomic E-state index is 12.6. The molecule has 1 aromatic rings. The third-order valence-corrected chi connectivity index (χ3v) is 6.63. The van der Waals surface area contributed by atoms with Gasteiger partial charge in [-0.2, -0.15) is 4.31 Å². The van der Waals surface area contributed by atoms with E-state index in [-0.39, 0.29) is 17.0 Å². The molecule has 1 aliphatic carbocycles. The number of nitrogens with zero attached hydrogens (tertiary/aromatic N) is 2. The van der Waals surface area contributed by atoms with Gasteiger partial charge >= 0.3 is 0 Å². The van der Waals surface area contributed by atoms with Crippen LogP contribution in [0.2, 0.25) is 0 Å². The summed E-state index contributed by atoms with van der Waals surface area (Å²) in [6, 6.07) is 3.30. The van der Waals surface area contributed by atoms with Crippen LogP contribution >= 0.6 is 0 Å². The van der Waals surface area contributed by atoms with Gasteiger partial charge in [0, 0.05) is 19.3 Å². The average Bonchev–Trinajstić information content (AvgIpc) is 2.58. The van der Waals surface area contributed by atoms with Crippen molar-refractivity contribution in [2.75, 3.05) is 18.4 Å². The van der Waals surface area contributed by atoms with Gasteiger partial charge in [0.15, 0.2) is 0 Å². The number of nitrogens with one attached hydrogen (secondary N) is 1.